The van der Waals surface area contributed by atoms with E-state index in [-0.39, 0.29) is 23.5 Å². The maximum Gasteiger partial charge on any atom is 0.290 e. The smallest absolute Gasteiger partial charge is 0.290 e. The maximum absolute atomic E-state index is 14.0. The number of hydrogen-bond donors (Lipinski definition) is 0. The minimum atomic E-state index is -0.384. The van der Waals surface area contributed by atoms with E-state index in [1.165, 1.54) is 6.07 Å². The molecule has 0 aliphatic carbocycles. The summed E-state index contributed by atoms with van der Waals surface area (Å²) < 4.78 is 30.4. The lowest BCUT2D eigenvalue weighted by Crippen LogP contribution is -2.30. The molecule has 150 valence electrons. The van der Waals surface area contributed by atoms with E-state index in [2.05, 4.69) is 0 Å². The minimum Gasteiger partial charge on any atom is -0.493 e. The Balaban J connectivity index is 1.60. The topological polar surface area (TPSA) is 51.9 Å². The lowest BCUT2D eigenvalue weighted by molar-refractivity contribution is 0.0704. The fourth-order valence-electron chi connectivity index (χ4n) is 3.82. The zero-order valence-corrected chi connectivity index (χ0v) is 16.4. The highest BCUT2D eigenvalue weighted by atomic mass is 19.1. The summed E-state index contributed by atoms with van der Waals surface area (Å²) in [6.45, 7) is 0.633. The molecule has 3 aromatic rings. The van der Waals surface area contributed by atoms with Gasteiger partial charge in [0.15, 0.2) is 17.3 Å². The summed E-state index contributed by atoms with van der Waals surface area (Å²) in [7, 11) is 3.18. The van der Waals surface area contributed by atoms with E-state index in [4.69, 9.17) is 13.9 Å². The number of nitrogens with zero attached hydrogens (tertiary/aromatic N) is 1. The van der Waals surface area contributed by atoms with E-state index in [0.717, 1.165) is 18.4 Å². The second-order valence-corrected chi connectivity index (χ2v) is 6.91. The van der Waals surface area contributed by atoms with Gasteiger partial charge in [0.2, 0.25) is 0 Å². The fourth-order valence-corrected chi connectivity index (χ4v) is 3.82. The van der Waals surface area contributed by atoms with Gasteiger partial charge in [-0.2, -0.15) is 0 Å². The van der Waals surface area contributed by atoms with Crippen molar-refractivity contribution in [1.82, 2.24) is 4.90 Å². The first-order chi connectivity index (χ1) is 14.1. The summed E-state index contributed by atoms with van der Waals surface area (Å²) >= 11 is 0. The third kappa shape index (κ3) is 3.58. The Hall–Kier alpha value is -3.28. The van der Waals surface area contributed by atoms with Crippen LogP contribution in [0.3, 0.4) is 0 Å². The summed E-state index contributed by atoms with van der Waals surface area (Å²) in [5.74, 6) is 1.23. The van der Waals surface area contributed by atoms with Gasteiger partial charge in [-0.15, -0.1) is 0 Å². The van der Waals surface area contributed by atoms with Gasteiger partial charge in [-0.3, -0.25) is 4.79 Å². The van der Waals surface area contributed by atoms with Crippen molar-refractivity contribution < 1.29 is 23.1 Å². The molecule has 1 unspecified atom stereocenters. The number of carbonyl (C=O) groups excluding carboxylic acids is 1. The van der Waals surface area contributed by atoms with Gasteiger partial charge in [0.25, 0.3) is 5.91 Å². The predicted octanol–water partition coefficient (Wildman–Crippen LogP) is 5.08. The number of carbonyl (C=O) groups is 1. The first-order valence-corrected chi connectivity index (χ1v) is 9.50. The first kappa shape index (κ1) is 19.1. The average molecular weight is 395 g/mol. The third-order valence-corrected chi connectivity index (χ3v) is 5.26. The van der Waals surface area contributed by atoms with Gasteiger partial charge in [-0.05, 0) is 54.8 Å². The highest BCUT2D eigenvalue weighted by Gasteiger charge is 2.32. The molecule has 2 aromatic carbocycles. The van der Waals surface area contributed by atoms with Crippen LogP contribution in [-0.2, 0) is 0 Å². The summed E-state index contributed by atoms with van der Waals surface area (Å²) in [5, 5.41) is 0. The zero-order valence-electron chi connectivity index (χ0n) is 16.4. The molecule has 29 heavy (non-hydrogen) atoms. The van der Waals surface area contributed by atoms with Crippen LogP contribution in [0.15, 0.2) is 59.0 Å². The molecule has 4 rings (SSSR count). The maximum atomic E-state index is 14.0. The van der Waals surface area contributed by atoms with Crippen molar-refractivity contribution in [3.8, 4) is 22.8 Å². The molecule has 1 amide bonds. The van der Waals surface area contributed by atoms with E-state index in [1.807, 2.05) is 18.2 Å². The molecule has 5 nitrogen and oxygen atoms in total. The van der Waals surface area contributed by atoms with Crippen molar-refractivity contribution in [2.24, 2.45) is 0 Å². The van der Waals surface area contributed by atoms with Crippen LogP contribution >= 0.6 is 0 Å². The molecule has 1 saturated heterocycles. The van der Waals surface area contributed by atoms with Gasteiger partial charge in [-0.25, -0.2) is 4.39 Å². The van der Waals surface area contributed by atoms with Gasteiger partial charge in [0, 0.05) is 6.54 Å². The van der Waals surface area contributed by atoms with E-state index in [9.17, 15) is 9.18 Å². The van der Waals surface area contributed by atoms with Crippen molar-refractivity contribution >= 4 is 5.91 Å². The van der Waals surface area contributed by atoms with E-state index >= 15 is 0 Å². The number of amides is 1. The molecular weight excluding hydrogens is 373 g/mol. The SMILES string of the molecule is COc1ccc(C2CCCN2C(=O)c2ccc(-c3ccccc3F)o2)cc1OC. The first-order valence-electron chi connectivity index (χ1n) is 9.50. The number of ether oxygens (including phenoxy) is 2. The van der Waals surface area contributed by atoms with Crippen LogP contribution in [0, 0.1) is 5.82 Å². The Bertz CT molecular complexity index is 1030. The molecule has 1 aromatic heterocycles. The Morgan fingerprint density at radius 3 is 2.62 bits per heavy atom. The number of hydrogen-bond acceptors (Lipinski definition) is 4. The average Bonchev–Trinajstić information content (AvgIpc) is 3.43. The number of rotatable bonds is 5. The Morgan fingerprint density at radius 1 is 1.07 bits per heavy atom. The summed E-state index contributed by atoms with van der Waals surface area (Å²) in [6, 6.07) is 15.2. The summed E-state index contributed by atoms with van der Waals surface area (Å²) in [6.07, 6.45) is 1.74. The van der Waals surface area contributed by atoms with Crippen molar-refractivity contribution in [2.75, 3.05) is 20.8 Å². The molecule has 1 aliphatic rings. The van der Waals surface area contributed by atoms with Gasteiger partial charge in [-0.1, -0.05) is 18.2 Å². The Kier molecular flexibility index (Phi) is 5.25. The number of benzene rings is 2. The minimum absolute atomic E-state index is 0.0793. The molecule has 1 atom stereocenters. The number of halogens is 1. The van der Waals surface area contributed by atoms with E-state index in [1.54, 1.807) is 49.5 Å². The zero-order chi connectivity index (χ0) is 20.4. The van der Waals surface area contributed by atoms with Crippen molar-refractivity contribution in [3.05, 3.63) is 71.7 Å². The normalized spacial score (nSPS) is 16.1. The lowest BCUT2D eigenvalue weighted by Gasteiger charge is -2.25. The molecule has 2 heterocycles. The largest absolute Gasteiger partial charge is 0.493 e. The quantitative estimate of drug-likeness (QED) is 0.605. The fraction of sp³-hybridized carbons (Fsp3) is 0.261. The third-order valence-electron chi connectivity index (χ3n) is 5.26. The molecule has 0 spiro atoms. The number of furan rings is 1. The number of methoxy groups -OCH3 is 2. The summed E-state index contributed by atoms with van der Waals surface area (Å²) in [4.78, 5) is 14.9. The standard InChI is InChI=1S/C23H22FNO4/c1-27-20-10-9-15(14-22(20)28-2)18-8-5-13-25(18)23(26)21-12-11-19(29-21)16-6-3-4-7-17(16)24/h3-4,6-7,9-12,14,18H,5,8,13H2,1-2H3. The molecule has 0 bridgehead atoms. The summed E-state index contributed by atoms with van der Waals surface area (Å²) in [5.41, 5.74) is 1.32. The molecule has 0 N–H and O–H groups in total. The van der Waals surface area contributed by atoms with Crippen molar-refractivity contribution in [2.45, 2.75) is 18.9 Å². The van der Waals surface area contributed by atoms with Gasteiger partial charge < -0.3 is 18.8 Å². The Morgan fingerprint density at radius 2 is 1.86 bits per heavy atom. The highest BCUT2D eigenvalue weighted by Crippen LogP contribution is 2.38. The lowest BCUT2D eigenvalue weighted by atomic mass is 10.0. The monoisotopic (exact) mass is 395 g/mol. The van der Waals surface area contributed by atoms with Crippen LogP contribution in [0.25, 0.3) is 11.3 Å². The predicted molar refractivity (Wildman–Crippen MR) is 107 cm³/mol. The molecule has 1 fully saturated rings. The molecule has 0 radical (unpaired) electrons. The van der Waals surface area contributed by atoms with Crippen LogP contribution in [0.1, 0.15) is 35.0 Å². The van der Waals surface area contributed by atoms with Crippen LogP contribution in [0.5, 0.6) is 11.5 Å². The van der Waals surface area contributed by atoms with E-state index in [0.29, 0.717) is 29.4 Å². The highest BCUT2D eigenvalue weighted by molar-refractivity contribution is 5.92. The van der Waals surface area contributed by atoms with Crippen LogP contribution < -0.4 is 9.47 Å². The van der Waals surface area contributed by atoms with Gasteiger partial charge >= 0.3 is 0 Å². The van der Waals surface area contributed by atoms with Crippen LogP contribution in [0.4, 0.5) is 4.39 Å². The van der Waals surface area contributed by atoms with E-state index < -0.39 is 0 Å². The van der Waals surface area contributed by atoms with Gasteiger partial charge in [0.05, 0.1) is 25.8 Å². The van der Waals surface area contributed by atoms with Crippen LogP contribution in [0.2, 0.25) is 0 Å². The van der Waals surface area contributed by atoms with Gasteiger partial charge in [0.1, 0.15) is 11.6 Å². The molecule has 0 saturated carbocycles. The number of likely N-dealkylation sites (tertiary alicyclic amines) is 1. The van der Waals surface area contributed by atoms with Crippen molar-refractivity contribution in [1.29, 1.82) is 0 Å². The molecule has 6 heteroatoms. The second-order valence-electron chi connectivity index (χ2n) is 6.91. The van der Waals surface area contributed by atoms with Crippen LogP contribution in [-0.4, -0.2) is 31.6 Å². The van der Waals surface area contributed by atoms with Crippen molar-refractivity contribution in [3.63, 3.8) is 0 Å². The Labute approximate surface area is 168 Å². The molecular formula is C23H22FNO4. The molecule has 1 aliphatic heterocycles. The second kappa shape index (κ2) is 7.99.